The van der Waals surface area contributed by atoms with Gasteiger partial charge in [0.05, 0.1) is 5.03 Å². The van der Waals surface area contributed by atoms with Gasteiger partial charge in [-0.1, -0.05) is 177 Å². The zero-order valence-corrected chi connectivity index (χ0v) is 32.3. The Morgan fingerprint density at radius 1 is 0.759 bits per heavy atom. The summed E-state index contributed by atoms with van der Waals surface area (Å²) in [6.45, 7) is 8.31. The molecule has 1 aliphatic carbocycles. The maximum Gasteiger partial charge on any atom is 0.0704 e. The van der Waals surface area contributed by atoms with Crippen molar-refractivity contribution in [2.24, 2.45) is 5.73 Å². The topological polar surface area (TPSA) is 99.1 Å². The highest BCUT2D eigenvalue weighted by molar-refractivity contribution is 7.84. The minimum atomic E-state index is 0. The Labute approximate surface area is 328 Å². The molecule has 54 heavy (non-hydrogen) atoms. The Morgan fingerprint density at radius 2 is 1.48 bits per heavy atom. The van der Waals surface area contributed by atoms with E-state index < -0.39 is 0 Å². The molecule has 6 rings (SSSR count). The molecule has 0 unspecified atom stereocenters. The summed E-state index contributed by atoms with van der Waals surface area (Å²) in [6, 6.07) is 43.8. The lowest BCUT2D eigenvalue weighted by molar-refractivity contribution is 0.818. The molecule has 0 saturated heterocycles. The summed E-state index contributed by atoms with van der Waals surface area (Å²) < 4.78 is 0. The van der Waals surface area contributed by atoms with Gasteiger partial charge in [0.2, 0.25) is 0 Å². The molecular formula is C49H54N4S. The van der Waals surface area contributed by atoms with Gasteiger partial charge in [0.1, 0.15) is 0 Å². The van der Waals surface area contributed by atoms with Gasteiger partial charge in [-0.25, -0.2) is 0 Å². The van der Waals surface area contributed by atoms with Crippen LogP contribution in [-0.2, 0) is 13.0 Å². The number of nitrogen functional groups attached to an aromatic ring is 1. The number of benzene rings is 5. The molecule has 0 aromatic heterocycles. The number of hydrogen-bond acceptors (Lipinski definition) is 5. The number of anilines is 1. The summed E-state index contributed by atoms with van der Waals surface area (Å²) in [7, 11) is 1.95. The van der Waals surface area contributed by atoms with Crippen LogP contribution in [-0.4, -0.2) is 7.05 Å². The average Bonchev–Trinajstić information content (AvgIpc) is 3.20. The van der Waals surface area contributed by atoms with E-state index in [2.05, 4.69) is 134 Å². The van der Waals surface area contributed by atoms with Crippen LogP contribution in [0, 0.1) is 0 Å². The molecule has 5 heteroatoms. The maximum atomic E-state index is 5.99. The summed E-state index contributed by atoms with van der Waals surface area (Å²) in [6.07, 6.45) is 21.7. The molecule has 0 spiro atoms. The highest BCUT2D eigenvalue weighted by atomic mass is 32.1. The highest BCUT2D eigenvalue weighted by Gasteiger charge is 2.05. The normalized spacial score (nSPS) is 12.3. The van der Waals surface area contributed by atoms with Crippen LogP contribution in [0.2, 0.25) is 0 Å². The Morgan fingerprint density at radius 3 is 2.09 bits per heavy atom. The summed E-state index contributed by atoms with van der Waals surface area (Å²) in [5.41, 5.74) is 24.0. The van der Waals surface area contributed by atoms with Crippen LogP contribution in [0.25, 0.3) is 34.4 Å². The average molecular weight is 731 g/mol. The standard InChI is InChI=1S/C33H31NS.C8H11N.C8H9N.H3N/c1-2-3-15-32(33(34)35)31-14-8-13-30(24-31)29-22-18-26(19-23-29)10-7-9-25-16-20-28(21-17-25)27-11-5-4-6-12-27;1-9-7-8-5-3-2-4-6-8;1-2-7-4-3-5-8(9)6-7;/h2-3,5,7-9,11-24,35H,1,4,6,10,34H2;2-6,9H,7H2,1H3;2-6H,1,9H2;1H3/b9-7+,15-3-,33-32-;;;. The van der Waals surface area contributed by atoms with E-state index in [1.54, 1.807) is 12.2 Å². The van der Waals surface area contributed by atoms with Crippen LogP contribution in [0.4, 0.5) is 5.69 Å². The van der Waals surface area contributed by atoms with E-state index in [9.17, 15) is 0 Å². The van der Waals surface area contributed by atoms with Gasteiger partial charge in [-0.2, -0.15) is 0 Å². The van der Waals surface area contributed by atoms with Crippen LogP contribution in [0.1, 0.15) is 46.2 Å². The van der Waals surface area contributed by atoms with Gasteiger partial charge in [0.25, 0.3) is 0 Å². The molecular weight excluding hydrogens is 677 g/mol. The van der Waals surface area contributed by atoms with Crippen LogP contribution < -0.4 is 22.9 Å². The lowest BCUT2D eigenvalue weighted by Crippen LogP contribution is -2.04. The molecule has 0 saturated carbocycles. The largest absolute Gasteiger partial charge is 0.399 e. The number of nitrogens with two attached hydrogens (primary N) is 2. The number of allylic oxidation sites excluding steroid dienone is 9. The quantitative estimate of drug-likeness (QED) is 0.0531. The number of hydrogen-bond donors (Lipinski definition) is 5. The molecule has 0 aliphatic heterocycles. The first-order chi connectivity index (χ1) is 25.9. The van der Waals surface area contributed by atoms with Gasteiger partial charge in [-0.3, -0.25) is 0 Å². The molecule has 5 aromatic carbocycles. The molecule has 0 amide bonds. The van der Waals surface area contributed by atoms with Gasteiger partial charge < -0.3 is 22.9 Å². The van der Waals surface area contributed by atoms with E-state index in [4.69, 9.17) is 11.5 Å². The molecule has 1 aliphatic rings. The third-order valence-corrected chi connectivity index (χ3v) is 8.65. The molecule has 0 radical (unpaired) electrons. The lowest BCUT2D eigenvalue weighted by Gasteiger charge is -2.09. The van der Waals surface area contributed by atoms with E-state index in [0.717, 1.165) is 53.8 Å². The molecule has 0 fully saturated rings. The molecule has 8 N–H and O–H groups in total. The van der Waals surface area contributed by atoms with Crippen LogP contribution in [0.3, 0.4) is 0 Å². The monoisotopic (exact) mass is 730 g/mol. The minimum Gasteiger partial charge on any atom is -0.399 e. The highest BCUT2D eigenvalue weighted by Crippen LogP contribution is 2.27. The molecule has 5 aromatic rings. The second kappa shape index (κ2) is 23.7. The first-order valence-corrected chi connectivity index (χ1v) is 18.3. The fourth-order valence-corrected chi connectivity index (χ4v) is 5.83. The zero-order valence-electron chi connectivity index (χ0n) is 31.4. The van der Waals surface area contributed by atoms with Crippen molar-refractivity contribution in [2.75, 3.05) is 12.8 Å². The van der Waals surface area contributed by atoms with Crippen molar-refractivity contribution in [1.29, 1.82) is 0 Å². The summed E-state index contributed by atoms with van der Waals surface area (Å²) in [5.74, 6) is 0. The summed E-state index contributed by atoms with van der Waals surface area (Å²) in [4.78, 5) is 0. The van der Waals surface area contributed by atoms with Crippen molar-refractivity contribution in [1.82, 2.24) is 11.5 Å². The molecule has 0 bridgehead atoms. The summed E-state index contributed by atoms with van der Waals surface area (Å²) in [5, 5.41) is 3.57. The van der Waals surface area contributed by atoms with E-state index in [1.165, 1.54) is 33.4 Å². The van der Waals surface area contributed by atoms with Crippen molar-refractivity contribution >= 4 is 41.6 Å². The van der Waals surface area contributed by atoms with Gasteiger partial charge in [0, 0.05) is 17.8 Å². The first-order valence-electron chi connectivity index (χ1n) is 17.9. The molecule has 4 nitrogen and oxygen atoms in total. The third kappa shape index (κ3) is 14.3. The SMILES string of the molecule is C=C/C=C\C(=C(/N)S)c1cccc(-c2ccc(C/C=C/c3ccc(C4=CCCC=C4)cc3)cc2)c1.C=Cc1cccc(N)c1.CNCc1ccccc1.N. The van der Waals surface area contributed by atoms with Crippen LogP contribution in [0.5, 0.6) is 0 Å². The predicted octanol–water partition coefficient (Wildman–Crippen LogP) is 12.1. The fourth-order valence-electron chi connectivity index (χ4n) is 5.62. The Bertz CT molecular complexity index is 2050. The number of rotatable bonds is 11. The van der Waals surface area contributed by atoms with Crippen LogP contribution >= 0.6 is 12.6 Å². The minimum absolute atomic E-state index is 0. The van der Waals surface area contributed by atoms with Crippen molar-refractivity contribution in [3.8, 4) is 11.1 Å². The fraction of sp³-hybridized carbons (Fsp3) is 0.102. The second-order valence-electron chi connectivity index (χ2n) is 12.4. The Kier molecular flexibility index (Phi) is 18.6. The second-order valence-corrected chi connectivity index (χ2v) is 12.9. The number of nitrogens with one attached hydrogen (secondary N) is 1. The first kappa shape index (κ1) is 42.6. The van der Waals surface area contributed by atoms with E-state index >= 15 is 0 Å². The van der Waals surface area contributed by atoms with Crippen molar-refractivity contribution in [2.45, 2.75) is 25.8 Å². The predicted molar refractivity (Wildman–Crippen MR) is 242 cm³/mol. The van der Waals surface area contributed by atoms with Crippen LogP contribution in [0.15, 0.2) is 188 Å². The summed E-state index contributed by atoms with van der Waals surface area (Å²) >= 11 is 4.36. The van der Waals surface area contributed by atoms with Gasteiger partial charge in [-0.05, 0) is 94.6 Å². The third-order valence-electron chi connectivity index (χ3n) is 8.41. The Balaban J connectivity index is 0.000000336. The lowest BCUT2D eigenvalue weighted by atomic mass is 9.97. The molecule has 0 heterocycles. The van der Waals surface area contributed by atoms with E-state index in [0.29, 0.717) is 5.03 Å². The van der Waals surface area contributed by atoms with Crippen molar-refractivity contribution in [3.05, 3.63) is 221 Å². The zero-order chi connectivity index (χ0) is 37.7. The van der Waals surface area contributed by atoms with E-state index in [-0.39, 0.29) is 6.15 Å². The number of thiol groups is 1. The molecule has 276 valence electrons. The Hall–Kier alpha value is -5.85. The van der Waals surface area contributed by atoms with Gasteiger partial charge >= 0.3 is 0 Å². The van der Waals surface area contributed by atoms with Gasteiger partial charge in [0.15, 0.2) is 0 Å². The van der Waals surface area contributed by atoms with Gasteiger partial charge in [-0.15, -0.1) is 12.6 Å². The van der Waals surface area contributed by atoms with E-state index in [1.807, 2.05) is 73.8 Å². The molecule has 0 atom stereocenters. The van der Waals surface area contributed by atoms with Crippen molar-refractivity contribution in [3.63, 3.8) is 0 Å². The smallest absolute Gasteiger partial charge is 0.0704 e. The van der Waals surface area contributed by atoms with Crippen molar-refractivity contribution < 1.29 is 0 Å². The maximum absolute atomic E-state index is 5.99.